The molecule has 174 valence electrons. The molecule has 3 rings (SSSR count). The van der Waals surface area contributed by atoms with Crippen molar-refractivity contribution < 1.29 is 36.1 Å². The van der Waals surface area contributed by atoms with E-state index in [1.165, 1.54) is 24.3 Å². The van der Waals surface area contributed by atoms with Crippen LogP contribution in [-0.4, -0.2) is 43.4 Å². The summed E-state index contributed by atoms with van der Waals surface area (Å²) >= 11 is 0. The Bertz CT molecular complexity index is 1170. The molecule has 33 heavy (non-hydrogen) atoms. The van der Waals surface area contributed by atoms with Crippen LogP contribution in [0.15, 0.2) is 54.7 Å². The topological polar surface area (TPSA) is 94.2 Å². The lowest BCUT2D eigenvalue weighted by molar-refractivity contribution is -0.385. The number of benzene rings is 2. The van der Waals surface area contributed by atoms with E-state index in [1.807, 2.05) is 0 Å². The Hall–Kier alpha value is -3.97. The first kappa shape index (κ1) is 23.7. The number of halogens is 6. The predicted octanol–water partition coefficient (Wildman–Crippen LogP) is 4.40. The van der Waals surface area contributed by atoms with E-state index in [-0.39, 0.29) is 10.5 Å². The fourth-order valence-electron chi connectivity index (χ4n) is 3.00. The van der Waals surface area contributed by atoms with Crippen LogP contribution in [0.2, 0.25) is 0 Å². The first-order chi connectivity index (χ1) is 15.4. The summed E-state index contributed by atoms with van der Waals surface area (Å²) in [7, 11) is 0. The second kappa shape index (κ2) is 8.88. The van der Waals surface area contributed by atoms with Crippen LogP contribution < -0.4 is 0 Å². The van der Waals surface area contributed by atoms with Gasteiger partial charge in [-0.2, -0.15) is 26.3 Å². The minimum atomic E-state index is -4.86. The molecule has 0 bridgehead atoms. The highest BCUT2D eigenvalue weighted by Gasteiger charge is 2.36. The molecule has 0 saturated heterocycles. The van der Waals surface area contributed by atoms with Crippen molar-refractivity contribution >= 4 is 11.6 Å². The lowest BCUT2D eigenvalue weighted by Gasteiger charge is -2.23. The van der Waals surface area contributed by atoms with E-state index in [9.17, 15) is 41.3 Å². The van der Waals surface area contributed by atoms with Gasteiger partial charge in [-0.3, -0.25) is 14.9 Å². The van der Waals surface area contributed by atoms with Crippen molar-refractivity contribution in [3.8, 4) is 5.69 Å². The summed E-state index contributed by atoms with van der Waals surface area (Å²) in [6, 6.07) is 9.13. The van der Waals surface area contributed by atoms with Crippen LogP contribution in [0.5, 0.6) is 0 Å². The predicted molar refractivity (Wildman–Crippen MR) is 100 cm³/mol. The van der Waals surface area contributed by atoms with Gasteiger partial charge in [-0.15, -0.1) is 5.10 Å². The molecule has 1 aromatic heterocycles. The van der Waals surface area contributed by atoms with Gasteiger partial charge >= 0.3 is 12.4 Å². The van der Waals surface area contributed by atoms with Crippen LogP contribution >= 0.6 is 0 Å². The number of carbonyl (C=O) groups excluding carboxylic acids is 1. The van der Waals surface area contributed by atoms with Gasteiger partial charge in [-0.1, -0.05) is 35.5 Å². The van der Waals surface area contributed by atoms with Crippen molar-refractivity contribution in [2.45, 2.75) is 18.9 Å². The van der Waals surface area contributed by atoms with Crippen molar-refractivity contribution in [3.05, 3.63) is 81.7 Å². The maximum atomic E-state index is 13.2. The molecular formula is C19H13F6N5O3. The molecule has 0 aliphatic heterocycles. The Morgan fingerprint density at radius 2 is 1.67 bits per heavy atom. The van der Waals surface area contributed by atoms with E-state index >= 15 is 0 Å². The van der Waals surface area contributed by atoms with E-state index in [0.717, 1.165) is 30.5 Å². The number of hydrogen-bond acceptors (Lipinski definition) is 5. The first-order valence-electron chi connectivity index (χ1n) is 9.04. The molecule has 0 aliphatic carbocycles. The zero-order valence-corrected chi connectivity index (χ0v) is 16.3. The van der Waals surface area contributed by atoms with E-state index in [1.54, 1.807) is 0 Å². The first-order valence-corrected chi connectivity index (χ1v) is 9.04. The summed E-state index contributed by atoms with van der Waals surface area (Å²) in [5.41, 5.74) is -2.93. The molecule has 1 amide bonds. The summed E-state index contributed by atoms with van der Waals surface area (Å²) in [5, 5.41) is 18.0. The van der Waals surface area contributed by atoms with Crippen LogP contribution in [0.3, 0.4) is 0 Å². The molecule has 1 heterocycles. The van der Waals surface area contributed by atoms with E-state index < -0.39 is 58.9 Å². The SMILES string of the molecule is O=C(c1cn(-c2ccccc2C(F)(F)F)nn1)N(Cc1ccccc1[N+](=O)[O-])CC(F)(F)F. The molecule has 0 aliphatic rings. The van der Waals surface area contributed by atoms with Crippen molar-refractivity contribution in [3.63, 3.8) is 0 Å². The van der Waals surface area contributed by atoms with Gasteiger partial charge in [0.2, 0.25) is 0 Å². The second-order valence-corrected chi connectivity index (χ2v) is 6.73. The number of nitro groups is 1. The normalized spacial score (nSPS) is 11.9. The minimum absolute atomic E-state index is 0.171. The lowest BCUT2D eigenvalue weighted by Crippen LogP contribution is -2.38. The van der Waals surface area contributed by atoms with Gasteiger partial charge in [0, 0.05) is 11.6 Å². The molecule has 0 radical (unpaired) electrons. The van der Waals surface area contributed by atoms with E-state index in [0.29, 0.717) is 4.68 Å². The third-order valence-corrected chi connectivity index (χ3v) is 4.38. The van der Waals surface area contributed by atoms with Gasteiger partial charge in [0.25, 0.3) is 11.6 Å². The minimum Gasteiger partial charge on any atom is -0.323 e. The fraction of sp³-hybridized carbons (Fsp3) is 0.211. The Balaban J connectivity index is 1.96. The van der Waals surface area contributed by atoms with Gasteiger partial charge in [0.1, 0.15) is 6.54 Å². The zero-order chi connectivity index (χ0) is 24.4. The highest BCUT2D eigenvalue weighted by atomic mass is 19.4. The monoisotopic (exact) mass is 473 g/mol. The molecule has 0 N–H and O–H groups in total. The summed E-state index contributed by atoms with van der Waals surface area (Å²) in [4.78, 5) is 23.4. The molecule has 0 saturated carbocycles. The largest absolute Gasteiger partial charge is 0.418 e. The van der Waals surface area contributed by atoms with E-state index in [2.05, 4.69) is 10.3 Å². The molecule has 2 aromatic carbocycles. The second-order valence-electron chi connectivity index (χ2n) is 6.73. The fourth-order valence-corrected chi connectivity index (χ4v) is 3.00. The third kappa shape index (κ3) is 5.64. The Morgan fingerprint density at radius 1 is 1.03 bits per heavy atom. The summed E-state index contributed by atoms with van der Waals surface area (Å²) in [6.45, 7) is -2.56. The van der Waals surface area contributed by atoms with Crippen LogP contribution in [0, 0.1) is 10.1 Å². The average molecular weight is 473 g/mol. The highest BCUT2D eigenvalue weighted by molar-refractivity contribution is 5.92. The third-order valence-electron chi connectivity index (χ3n) is 4.38. The number of carbonyl (C=O) groups is 1. The zero-order valence-electron chi connectivity index (χ0n) is 16.3. The van der Waals surface area contributed by atoms with Crippen LogP contribution in [0.1, 0.15) is 21.6 Å². The van der Waals surface area contributed by atoms with Gasteiger partial charge < -0.3 is 4.90 Å². The van der Waals surface area contributed by atoms with Crippen LogP contribution in [0.4, 0.5) is 32.0 Å². The Labute approximate surface area is 181 Å². The van der Waals surface area contributed by atoms with Crippen molar-refractivity contribution in [1.29, 1.82) is 0 Å². The molecule has 0 unspecified atom stereocenters. The number of para-hydroxylation sites is 2. The summed E-state index contributed by atoms with van der Waals surface area (Å²) in [6.07, 6.45) is -8.87. The van der Waals surface area contributed by atoms with E-state index in [4.69, 9.17) is 0 Å². The van der Waals surface area contributed by atoms with Gasteiger partial charge in [-0.05, 0) is 12.1 Å². The average Bonchev–Trinajstić information content (AvgIpc) is 3.21. The van der Waals surface area contributed by atoms with Crippen molar-refractivity contribution in [2.75, 3.05) is 6.54 Å². The lowest BCUT2D eigenvalue weighted by atomic mass is 10.1. The Morgan fingerprint density at radius 3 is 2.30 bits per heavy atom. The molecular weight excluding hydrogens is 460 g/mol. The number of hydrogen-bond donors (Lipinski definition) is 0. The van der Waals surface area contributed by atoms with Crippen molar-refractivity contribution in [2.24, 2.45) is 0 Å². The number of amides is 1. The Kier molecular flexibility index (Phi) is 6.37. The van der Waals surface area contributed by atoms with Crippen molar-refractivity contribution in [1.82, 2.24) is 19.9 Å². The van der Waals surface area contributed by atoms with Crippen LogP contribution in [0.25, 0.3) is 5.69 Å². The molecule has 14 heteroatoms. The molecule has 3 aromatic rings. The molecule has 0 atom stereocenters. The molecule has 0 spiro atoms. The number of rotatable bonds is 6. The van der Waals surface area contributed by atoms with Gasteiger partial charge in [0.05, 0.1) is 28.9 Å². The van der Waals surface area contributed by atoms with Gasteiger partial charge in [0.15, 0.2) is 5.69 Å². The standard InChI is InChI=1S/C19H13F6N5O3/c20-18(21,22)11-28(9-12-5-1-3-7-15(12)30(32)33)17(31)14-10-29(27-26-14)16-8-4-2-6-13(16)19(23,24)25/h1-8,10H,9,11H2. The van der Waals surface area contributed by atoms with Gasteiger partial charge in [-0.25, -0.2) is 4.68 Å². The maximum Gasteiger partial charge on any atom is 0.418 e. The molecule has 8 nitrogen and oxygen atoms in total. The quantitative estimate of drug-likeness (QED) is 0.301. The number of nitrogens with zero attached hydrogens (tertiary/aromatic N) is 5. The van der Waals surface area contributed by atoms with Crippen LogP contribution in [-0.2, 0) is 12.7 Å². The number of alkyl halides is 6. The summed E-state index contributed by atoms with van der Waals surface area (Å²) < 4.78 is 79.7. The smallest absolute Gasteiger partial charge is 0.323 e. The number of nitro benzene ring substituents is 1. The maximum absolute atomic E-state index is 13.2. The molecule has 0 fully saturated rings. The summed E-state index contributed by atoms with van der Waals surface area (Å²) in [5.74, 6) is -1.32. The highest BCUT2D eigenvalue weighted by Crippen LogP contribution is 2.33. The number of aromatic nitrogens is 3.